The molecule has 0 N–H and O–H groups in total. The van der Waals surface area contributed by atoms with Gasteiger partial charge >= 0.3 is 0 Å². The topological polar surface area (TPSA) is 57.5 Å². The van der Waals surface area contributed by atoms with E-state index in [-0.39, 0.29) is 5.91 Å². The predicted molar refractivity (Wildman–Crippen MR) is 92.6 cm³/mol. The van der Waals surface area contributed by atoms with Crippen LogP contribution in [-0.4, -0.2) is 37.2 Å². The molecule has 6 heteroatoms. The second-order valence-corrected chi connectivity index (χ2v) is 5.45. The average Bonchev–Trinajstić information content (AvgIpc) is 2.63. The Labute approximate surface area is 141 Å². The Morgan fingerprint density at radius 3 is 2.12 bits per heavy atom. The van der Waals surface area contributed by atoms with Crippen LogP contribution >= 0.6 is 0 Å². The van der Waals surface area contributed by atoms with Crippen molar-refractivity contribution in [2.75, 3.05) is 31.3 Å². The summed E-state index contributed by atoms with van der Waals surface area (Å²) in [6.07, 6.45) is 0. The molecule has 0 unspecified atom stereocenters. The summed E-state index contributed by atoms with van der Waals surface area (Å²) in [7, 11) is 0. The maximum atomic E-state index is 12.0. The fourth-order valence-electron chi connectivity index (χ4n) is 2.57. The van der Waals surface area contributed by atoms with Crippen molar-refractivity contribution in [3.8, 4) is 0 Å². The Morgan fingerprint density at radius 2 is 1.54 bits per heavy atom. The number of morpholine rings is 1. The Bertz CT molecular complexity index is 695. The summed E-state index contributed by atoms with van der Waals surface area (Å²) >= 11 is 0. The molecule has 1 aliphatic heterocycles. The molecule has 24 heavy (non-hydrogen) atoms. The maximum Gasteiger partial charge on any atom is 0.238 e. The predicted octanol–water partition coefficient (Wildman–Crippen LogP) is 3.70. The second-order valence-electron chi connectivity index (χ2n) is 5.45. The van der Waals surface area contributed by atoms with E-state index in [1.54, 1.807) is 11.9 Å². The van der Waals surface area contributed by atoms with Crippen LogP contribution in [0.25, 0.3) is 0 Å². The van der Waals surface area contributed by atoms with E-state index in [1.165, 1.54) is 0 Å². The third kappa shape index (κ3) is 4.04. The largest absolute Gasteiger partial charge is 0.379 e. The molecule has 6 nitrogen and oxygen atoms in total. The molecule has 1 amide bonds. The van der Waals surface area contributed by atoms with E-state index < -0.39 is 0 Å². The number of benzene rings is 2. The van der Waals surface area contributed by atoms with Crippen LogP contribution in [0.4, 0.5) is 17.1 Å². The summed E-state index contributed by atoms with van der Waals surface area (Å²) in [5.74, 6) is -0.0180. The second kappa shape index (κ2) is 7.81. The van der Waals surface area contributed by atoms with E-state index in [0.29, 0.717) is 26.3 Å². The van der Waals surface area contributed by atoms with Crippen molar-refractivity contribution in [3.05, 3.63) is 54.6 Å². The van der Waals surface area contributed by atoms with Gasteiger partial charge in [-0.15, -0.1) is 0 Å². The minimum Gasteiger partial charge on any atom is -0.379 e. The van der Waals surface area contributed by atoms with Crippen LogP contribution in [0.2, 0.25) is 0 Å². The van der Waals surface area contributed by atoms with Gasteiger partial charge in [-0.1, -0.05) is 18.2 Å². The highest BCUT2D eigenvalue weighted by molar-refractivity contribution is 5.90. The van der Waals surface area contributed by atoms with Crippen molar-refractivity contribution in [3.63, 3.8) is 0 Å². The molecule has 2 aromatic rings. The SMILES string of the molecule is CC(=O)N(c1ccc(N=Nc2ccccc2)cc1)N1CCOCC1. The molecule has 1 heterocycles. The number of carbonyl (C=O) groups is 1. The molecule has 2 aromatic carbocycles. The van der Waals surface area contributed by atoms with E-state index in [2.05, 4.69) is 10.2 Å². The van der Waals surface area contributed by atoms with E-state index in [9.17, 15) is 4.79 Å². The van der Waals surface area contributed by atoms with Gasteiger partial charge in [0.15, 0.2) is 0 Å². The fraction of sp³-hybridized carbons (Fsp3) is 0.278. The van der Waals surface area contributed by atoms with Gasteiger partial charge in [-0.05, 0) is 36.4 Å². The average molecular weight is 324 g/mol. The first-order chi connectivity index (χ1) is 11.7. The summed E-state index contributed by atoms with van der Waals surface area (Å²) < 4.78 is 5.35. The molecular weight excluding hydrogens is 304 g/mol. The van der Waals surface area contributed by atoms with Crippen molar-refractivity contribution >= 4 is 23.0 Å². The van der Waals surface area contributed by atoms with Crippen molar-refractivity contribution in [1.29, 1.82) is 0 Å². The minimum absolute atomic E-state index is 0.0180. The van der Waals surface area contributed by atoms with E-state index in [4.69, 9.17) is 4.74 Å². The summed E-state index contributed by atoms with van der Waals surface area (Å²) in [6, 6.07) is 17.1. The number of amides is 1. The molecule has 0 atom stereocenters. The molecule has 0 saturated carbocycles. The Balaban J connectivity index is 1.74. The van der Waals surface area contributed by atoms with Crippen LogP contribution in [0.5, 0.6) is 0 Å². The lowest BCUT2D eigenvalue weighted by Gasteiger charge is -2.36. The molecule has 0 bridgehead atoms. The third-order valence-electron chi connectivity index (χ3n) is 3.70. The lowest BCUT2D eigenvalue weighted by Crippen LogP contribution is -2.51. The lowest BCUT2D eigenvalue weighted by molar-refractivity contribution is -0.120. The van der Waals surface area contributed by atoms with Crippen LogP contribution < -0.4 is 5.01 Å². The smallest absolute Gasteiger partial charge is 0.238 e. The van der Waals surface area contributed by atoms with E-state index in [1.807, 2.05) is 59.6 Å². The first-order valence-electron chi connectivity index (χ1n) is 7.94. The highest BCUT2D eigenvalue weighted by Gasteiger charge is 2.22. The molecule has 3 rings (SSSR count). The van der Waals surface area contributed by atoms with Gasteiger partial charge in [0.05, 0.1) is 30.3 Å². The molecule has 124 valence electrons. The zero-order chi connectivity index (χ0) is 16.8. The zero-order valence-electron chi connectivity index (χ0n) is 13.6. The van der Waals surface area contributed by atoms with Crippen molar-refractivity contribution < 1.29 is 9.53 Å². The lowest BCUT2D eigenvalue weighted by atomic mass is 10.2. The zero-order valence-corrected chi connectivity index (χ0v) is 13.6. The van der Waals surface area contributed by atoms with Crippen LogP contribution in [0.3, 0.4) is 0 Å². The van der Waals surface area contributed by atoms with Crippen LogP contribution in [-0.2, 0) is 9.53 Å². The molecular formula is C18H20N4O2. The number of nitrogens with zero attached hydrogens (tertiary/aromatic N) is 4. The Morgan fingerprint density at radius 1 is 0.958 bits per heavy atom. The number of anilines is 1. The van der Waals surface area contributed by atoms with Crippen molar-refractivity contribution in [2.45, 2.75) is 6.92 Å². The Kier molecular flexibility index (Phi) is 5.30. The van der Waals surface area contributed by atoms with Gasteiger partial charge in [-0.2, -0.15) is 10.2 Å². The normalized spacial score (nSPS) is 15.5. The van der Waals surface area contributed by atoms with Gasteiger partial charge < -0.3 is 4.74 Å². The highest BCUT2D eigenvalue weighted by Crippen LogP contribution is 2.23. The number of hydrogen-bond donors (Lipinski definition) is 0. The van der Waals surface area contributed by atoms with Gasteiger partial charge in [0.1, 0.15) is 0 Å². The van der Waals surface area contributed by atoms with Gasteiger partial charge in [-0.3, -0.25) is 4.79 Å². The summed E-state index contributed by atoms with van der Waals surface area (Å²) in [5, 5.41) is 12.1. The summed E-state index contributed by atoms with van der Waals surface area (Å²) in [5.41, 5.74) is 2.37. The molecule has 0 radical (unpaired) electrons. The van der Waals surface area contributed by atoms with Gasteiger partial charge in [0, 0.05) is 20.0 Å². The maximum absolute atomic E-state index is 12.0. The van der Waals surface area contributed by atoms with Crippen LogP contribution in [0.15, 0.2) is 64.8 Å². The molecule has 1 saturated heterocycles. The minimum atomic E-state index is -0.0180. The molecule has 0 spiro atoms. The Hall–Kier alpha value is -2.57. The number of ether oxygens (including phenoxy) is 1. The van der Waals surface area contributed by atoms with Crippen LogP contribution in [0, 0.1) is 0 Å². The molecule has 0 aromatic heterocycles. The quantitative estimate of drug-likeness (QED) is 0.806. The number of hydrazine groups is 1. The molecule has 1 aliphatic rings. The van der Waals surface area contributed by atoms with Gasteiger partial charge in [-0.25, -0.2) is 10.0 Å². The summed E-state index contributed by atoms with van der Waals surface area (Å²) in [6.45, 7) is 4.24. The first-order valence-corrected chi connectivity index (χ1v) is 7.94. The standard InChI is InChI=1S/C18H20N4O2/c1-15(23)22(21-11-13-24-14-12-21)18-9-7-17(8-10-18)20-19-16-5-3-2-4-6-16/h2-10H,11-14H2,1H3. The number of azo groups is 1. The van der Waals surface area contributed by atoms with Gasteiger partial charge in [0.2, 0.25) is 5.91 Å². The number of carbonyl (C=O) groups excluding carboxylic acids is 1. The first kappa shape index (κ1) is 16.3. The number of hydrogen-bond acceptors (Lipinski definition) is 5. The van der Waals surface area contributed by atoms with Gasteiger partial charge in [0.25, 0.3) is 0 Å². The van der Waals surface area contributed by atoms with E-state index >= 15 is 0 Å². The third-order valence-corrected chi connectivity index (χ3v) is 3.70. The molecule has 0 aliphatic carbocycles. The van der Waals surface area contributed by atoms with Crippen molar-refractivity contribution in [1.82, 2.24) is 5.01 Å². The fourth-order valence-corrected chi connectivity index (χ4v) is 2.57. The monoisotopic (exact) mass is 324 g/mol. The van der Waals surface area contributed by atoms with E-state index in [0.717, 1.165) is 17.1 Å². The summed E-state index contributed by atoms with van der Waals surface area (Å²) in [4.78, 5) is 12.0. The highest BCUT2D eigenvalue weighted by atomic mass is 16.5. The molecule has 1 fully saturated rings. The van der Waals surface area contributed by atoms with Crippen LogP contribution in [0.1, 0.15) is 6.92 Å². The van der Waals surface area contributed by atoms with Crippen molar-refractivity contribution in [2.24, 2.45) is 10.2 Å². The number of rotatable bonds is 4.